The van der Waals surface area contributed by atoms with Gasteiger partial charge in [0.1, 0.15) is 5.69 Å². The second-order valence-electron chi connectivity index (χ2n) is 4.43. The van der Waals surface area contributed by atoms with Crippen LogP contribution in [0.3, 0.4) is 0 Å². The molecular formula is C12H20ClN3O3S. The Labute approximate surface area is 125 Å². The number of methoxy groups -OCH3 is 1. The van der Waals surface area contributed by atoms with Crippen molar-refractivity contribution in [2.24, 2.45) is 0 Å². The molecule has 0 aliphatic carbocycles. The van der Waals surface area contributed by atoms with Crippen LogP contribution in [0, 0.1) is 0 Å². The number of pyridine rings is 1. The molecule has 0 radical (unpaired) electrons. The van der Waals surface area contributed by atoms with E-state index in [1.54, 1.807) is 17.2 Å². The van der Waals surface area contributed by atoms with Gasteiger partial charge in [-0.3, -0.25) is 4.72 Å². The summed E-state index contributed by atoms with van der Waals surface area (Å²) in [5, 5.41) is 0. The zero-order chi connectivity index (χ0) is 15.2. The van der Waals surface area contributed by atoms with Gasteiger partial charge in [0.05, 0.1) is 18.6 Å². The monoisotopic (exact) mass is 321 g/mol. The molecule has 1 aromatic heterocycles. The third kappa shape index (κ3) is 4.72. The number of sulfonamides is 1. The Morgan fingerprint density at radius 2 is 2.10 bits per heavy atom. The van der Waals surface area contributed by atoms with Crippen LogP contribution in [0.15, 0.2) is 12.3 Å². The van der Waals surface area contributed by atoms with Crippen LogP contribution in [0.2, 0.25) is 0 Å². The lowest BCUT2D eigenvalue weighted by Gasteiger charge is -2.19. The summed E-state index contributed by atoms with van der Waals surface area (Å²) in [5.41, 5.74) is 1.05. The average molecular weight is 322 g/mol. The maximum atomic E-state index is 12.1. The number of unbranched alkanes of at least 4 members (excludes halogenated alkanes) is 1. The lowest BCUT2D eigenvalue weighted by Crippen LogP contribution is -2.20. The van der Waals surface area contributed by atoms with E-state index in [-0.39, 0.29) is 11.6 Å². The van der Waals surface area contributed by atoms with E-state index in [9.17, 15) is 8.42 Å². The van der Waals surface area contributed by atoms with Gasteiger partial charge in [0.15, 0.2) is 0 Å². The summed E-state index contributed by atoms with van der Waals surface area (Å²) in [6.07, 6.45) is 2.74. The topological polar surface area (TPSA) is 71.5 Å². The van der Waals surface area contributed by atoms with Crippen LogP contribution in [-0.4, -0.2) is 46.2 Å². The molecule has 0 bridgehead atoms. The summed E-state index contributed by atoms with van der Waals surface area (Å²) < 4.78 is 31.8. The van der Waals surface area contributed by atoms with Crippen molar-refractivity contribution in [3.8, 4) is 5.88 Å². The Bertz CT molecular complexity index is 535. The fourth-order valence-electron chi connectivity index (χ4n) is 1.65. The number of halogens is 1. The normalized spacial score (nSPS) is 11.2. The lowest BCUT2D eigenvalue weighted by atomic mass is 10.3. The van der Waals surface area contributed by atoms with E-state index in [0.717, 1.165) is 0 Å². The van der Waals surface area contributed by atoms with Gasteiger partial charge >= 0.3 is 0 Å². The van der Waals surface area contributed by atoms with Crippen molar-refractivity contribution in [1.29, 1.82) is 0 Å². The molecule has 114 valence electrons. The number of aromatic nitrogens is 1. The summed E-state index contributed by atoms with van der Waals surface area (Å²) in [5.74, 6) is 0.719. The van der Waals surface area contributed by atoms with Crippen molar-refractivity contribution in [3.05, 3.63) is 12.3 Å². The van der Waals surface area contributed by atoms with Gasteiger partial charge in [-0.05, 0) is 18.9 Å². The van der Waals surface area contributed by atoms with Gasteiger partial charge in [0, 0.05) is 26.2 Å². The predicted molar refractivity (Wildman–Crippen MR) is 82.5 cm³/mol. The van der Waals surface area contributed by atoms with Crippen LogP contribution in [0.1, 0.15) is 12.8 Å². The van der Waals surface area contributed by atoms with Gasteiger partial charge in [-0.25, -0.2) is 13.4 Å². The number of hydrogen-bond donors (Lipinski definition) is 1. The van der Waals surface area contributed by atoms with Crippen LogP contribution in [0.5, 0.6) is 5.88 Å². The molecule has 0 aromatic carbocycles. The van der Waals surface area contributed by atoms with Crippen molar-refractivity contribution in [2.75, 3.05) is 42.5 Å². The number of alkyl halides is 1. The number of ether oxygens (including phenoxy) is 1. The highest BCUT2D eigenvalue weighted by Crippen LogP contribution is 2.32. The molecule has 0 amide bonds. The zero-order valence-corrected chi connectivity index (χ0v) is 13.5. The summed E-state index contributed by atoms with van der Waals surface area (Å²) in [6.45, 7) is 0. The van der Waals surface area contributed by atoms with E-state index < -0.39 is 10.0 Å². The molecule has 1 N–H and O–H groups in total. The Morgan fingerprint density at radius 3 is 2.65 bits per heavy atom. The number of nitrogens with one attached hydrogen (secondary N) is 1. The summed E-state index contributed by atoms with van der Waals surface area (Å²) in [7, 11) is 1.64. The smallest absolute Gasteiger partial charge is 0.240 e. The minimum atomic E-state index is -3.45. The molecule has 0 spiro atoms. The fraction of sp³-hybridized carbons (Fsp3) is 0.583. The average Bonchev–Trinajstić information content (AvgIpc) is 2.38. The van der Waals surface area contributed by atoms with Crippen LogP contribution in [-0.2, 0) is 10.0 Å². The van der Waals surface area contributed by atoms with E-state index in [0.29, 0.717) is 30.1 Å². The predicted octanol–water partition coefficient (Wildman–Crippen LogP) is 1.92. The third-order valence-corrected chi connectivity index (χ3v) is 4.23. The van der Waals surface area contributed by atoms with Crippen molar-refractivity contribution in [2.45, 2.75) is 12.8 Å². The van der Waals surface area contributed by atoms with E-state index in [4.69, 9.17) is 16.3 Å². The summed E-state index contributed by atoms with van der Waals surface area (Å²) in [4.78, 5) is 5.82. The second kappa shape index (κ2) is 7.54. The Morgan fingerprint density at radius 1 is 1.40 bits per heavy atom. The summed E-state index contributed by atoms with van der Waals surface area (Å²) in [6, 6.07) is 1.72. The molecule has 0 aliphatic heterocycles. The Balaban J connectivity index is 3.00. The molecule has 0 fully saturated rings. The van der Waals surface area contributed by atoms with E-state index in [1.165, 1.54) is 7.11 Å². The molecule has 0 unspecified atom stereocenters. The molecule has 0 aliphatic rings. The molecular weight excluding hydrogens is 302 g/mol. The minimum absolute atomic E-state index is 0.0185. The number of anilines is 2. The van der Waals surface area contributed by atoms with Crippen molar-refractivity contribution >= 4 is 33.0 Å². The van der Waals surface area contributed by atoms with Crippen molar-refractivity contribution < 1.29 is 13.2 Å². The second-order valence-corrected chi connectivity index (χ2v) is 6.65. The maximum absolute atomic E-state index is 12.1. The van der Waals surface area contributed by atoms with Crippen molar-refractivity contribution in [1.82, 2.24) is 4.98 Å². The highest BCUT2D eigenvalue weighted by molar-refractivity contribution is 7.92. The Hall–Kier alpha value is -1.21. The van der Waals surface area contributed by atoms with Gasteiger partial charge in [0.2, 0.25) is 15.9 Å². The highest BCUT2D eigenvalue weighted by Gasteiger charge is 2.18. The Kier molecular flexibility index (Phi) is 6.35. The number of hydrogen-bond acceptors (Lipinski definition) is 5. The first-order chi connectivity index (χ1) is 9.41. The van der Waals surface area contributed by atoms with E-state index in [2.05, 4.69) is 9.71 Å². The standard InChI is InChI=1S/C12H20ClN3O3S/c1-16(2)10-6-8-14-12(19-3)11(10)15-20(17,18)9-5-4-7-13/h6,8,15H,4-5,7,9H2,1-3H3. The van der Waals surface area contributed by atoms with Gasteiger partial charge in [-0.15, -0.1) is 11.6 Å². The zero-order valence-electron chi connectivity index (χ0n) is 11.9. The van der Waals surface area contributed by atoms with Gasteiger partial charge in [0.25, 0.3) is 0 Å². The van der Waals surface area contributed by atoms with Crippen molar-refractivity contribution in [3.63, 3.8) is 0 Å². The number of nitrogens with zero attached hydrogens (tertiary/aromatic N) is 2. The lowest BCUT2D eigenvalue weighted by molar-refractivity contribution is 0.400. The van der Waals surface area contributed by atoms with Gasteiger partial charge in [-0.1, -0.05) is 0 Å². The first-order valence-electron chi connectivity index (χ1n) is 6.18. The molecule has 1 aromatic rings. The molecule has 0 atom stereocenters. The van der Waals surface area contributed by atoms with Crippen LogP contribution < -0.4 is 14.4 Å². The number of rotatable bonds is 8. The van der Waals surface area contributed by atoms with Crippen LogP contribution in [0.25, 0.3) is 0 Å². The SMILES string of the molecule is COc1nccc(N(C)C)c1NS(=O)(=O)CCCCCl. The highest BCUT2D eigenvalue weighted by atomic mass is 35.5. The van der Waals surface area contributed by atoms with Gasteiger partial charge in [-0.2, -0.15) is 0 Å². The molecule has 6 nitrogen and oxygen atoms in total. The minimum Gasteiger partial charge on any atom is -0.479 e. The molecule has 1 rings (SSSR count). The van der Waals surface area contributed by atoms with Crippen LogP contribution in [0.4, 0.5) is 11.4 Å². The summed E-state index contributed by atoms with van der Waals surface area (Å²) >= 11 is 5.55. The first-order valence-corrected chi connectivity index (χ1v) is 8.36. The van der Waals surface area contributed by atoms with Crippen LogP contribution >= 0.6 is 11.6 Å². The third-order valence-electron chi connectivity index (χ3n) is 2.62. The maximum Gasteiger partial charge on any atom is 0.240 e. The van der Waals surface area contributed by atoms with E-state index >= 15 is 0 Å². The molecule has 1 heterocycles. The quantitative estimate of drug-likeness (QED) is 0.585. The van der Waals surface area contributed by atoms with Gasteiger partial charge < -0.3 is 9.64 Å². The largest absolute Gasteiger partial charge is 0.479 e. The fourth-order valence-corrected chi connectivity index (χ4v) is 3.03. The molecule has 8 heteroatoms. The molecule has 0 saturated carbocycles. The molecule has 0 saturated heterocycles. The van der Waals surface area contributed by atoms with E-state index in [1.807, 2.05) is 14.1 Å². The molecule has 20 heavy (non-hydrogen) atoms. The first kappa shape index (κ1) is 16.8.